The molecule has 4 nitrogen and oxygen atoms in total. The summed E-state index contributed by atoms with van der Waals surface area (Å²) in [5.41, 5.74) is 1.88. The molecule has 1 aliphatic rings. The fraction of sp³-hybridized carbons (Fsp3) is 0.125. The van der Waals surface area contributed by atoms with Gasteiger partial charge in [-0.25, -0.2) is 4.39 Å². The van der Waals surface area contributed by atoms with Crippen molar-refractivity contribution in [2.24, 2.45) is 0 Å². The Bertz CT molecular complexity index is 777. The second-order valence-electron chi connectivity index (χ2n) is 4.99. The molecule has 0 aromatic heterocycles. The van der Waals surface area contributed by atoms with E-state index in [1.54, 1.807) is 31.2 Å². The SMILES string of the molecule is Cc1ccc(NC(=O)c2ccc3c(c2)NC(=O)CS3)c(F)c1. The number of carbonyl (C=O) groups is 2. The molecule has 0 bridgehead atoms. The quantitative estimate of drug-likeness (QED) is 0.892. The molecule has 0 unspecified atom stereocenters. The van der Waals surface area contributed by atoms with Crippen molar-refractivity contribution in [3.05, 3.63) is 53.3 Å². The maximum atomic E-state index is 13.8. The summed E-state index contributed by atoms with van der Waals surface area (Å²) in [5, 5.41) is 5.26. The lowest BCUT2D eigenvalue weighted by Gasteiger charge is -2.17. The van der Waals surface area contributed by atoms with E-state index in [1.165, 1.54) is 23.9 Å². The molecule has 1 heterocycles. The van der Waals surface area contributed by atoms with Crippen molar-refractivity contribution in [2.45, 2.75) is 11.8 Å². The van der Waals surface area contributed by atoms with Crippen molar-refractivity contribution in [1.29, 1.82) is 0 Å². The predicted molar refractivity (Wildman–Crippen MR) is 84.9 cm³/mol. The van der Waals surface area contributed by atoms with Crippen LogP contribution in [0.1, 0.15) is 15.9 Å². The molecule has 0 saturated carbocycles. The number of halogens is 1. The predicted octanol–water partition coefficient (Wildman–Crippen LogP) is 3.43. The van der Waals surface area contributed by atoms with Gasteiger partial charge in [-0.05, 0) is 42.8 Å². The van der Waals surface area contributed by atoms with E-state index in [2.05, 4.69) is 10.6 Å². The van der Waals surface area contributed by atoms with Gasteiger partial charge in [0.25, 0.3) is 5.91 Å². The Hall–Kier alpha value is -2.34. The molecule has 0 radical (unpaired) electrons. The number of aryl methyl sites for hydroxylation is 1. The number of rotatable bonds is 2. The lowest BCUT2D eigenvalue weighted by atomic mass is 10.1. The van der Waals surface area contributed by atoms with Crippen LogP contribution >= 0.6 is 11.8 Å². The van der Waals surface area contributed by atoms with Crippen molar-refractivity contribution in [3.8, 4) is 0 Å². The van der Waals surface area contributed by atoms with Crippen LogP contribution in [0.25, 0.3) is 0 Å². The highest BCUT2D eigenvalue weighted by Gasteiger charge is 2.17. The normalized spacial score (nSPS) is 13.3. The van der Waals surface area contributed by atoms with Crippen LogP contribution in [0.3, 0.4) is 0 Å². The summed E-state index contributed by atoms with van der Waals surface area (Å²) in [7, 11) is 0. The minimum Gasteiger partial charge on any atom is -0.324 e. The third kappa shape index (κ3) is 2.96. The van der Waals surface area contributed by atoms with E-state index in [0.717, 1.165) is 10.5 Å². The van der Waals surface area contributed by atoms with E-state index in [0.29, 0.717) is 17.0 Å². The van der Waals surface area contributed by atoms with E-state index in [4.69, 9.17) is 0 Å². The fourth-order valence-electron chi connectivity index (χ4n) is 2.14. The van der Waals surface area contributed by atoms with E-state index >= 15 is 0 Å². The van der Waals surface area contributed by atoms with Crippen LogP contribution in [0.5, 0.6) is 0 Å². The molecule has 0 saturated heterocycles. The van der Waals surface area contributed by atoms with Crippen LogP contribution in [0.4, 0.5) is 15.8 Å². The van der Waals surface area contributed by atoms with Gasteiger partial charge in [-0.3, -0.25) is 9.59 Å². The van der Waals surface area contributed by atoms with Gasteiger partial charge in [-0.15, -0.1) is 11.8 Å². The molecule has 1 aliphatic heterocycles. The van der Waals surface area contributed by atoms with Crippen LogP contribution in [-0.2, 0) is 4.79 Å². The highest BCUT2D eigenvalue weighted by Crippen LogP contribution is 2.32. The Kier molecular flexibility index (Phi) is 3.85. The van der Waals surface area contributed by atoms with Gasteiger partial charge >= 0.3 is 0 Å². The van der Waals surface area contributed by atoms with Gasteiger partial charge in [0.15, 0.2) is 0 Å². The summed E-state index contributed by atoms with van der Waals surface area (Å²) in [6.45, 7) is 1.78. The van der Waals surface area contributed by atoms with Gasteiger partial charge in [-0.2, -0.15) is 0 Å². The van der Waals surface area contributed by atoms with Crippen LogP contribution in [-0.4, -0.2) is 17.6 Å². The minimum atomic E-state index is -0.477. The number of amides is 2. The topological polar surface area (TPSA) is 58.2 Å². The van der Waals surface area contributed by atoms with Crippen LogP contribution < -0.4 is 10.6 Å². The average Bonchev–Trinajstić information content (AvgIpc) is 2.49. The molecule has 2 aromatic rings. The largest absolute Gasteiger partial charge is 0.324 e. The summed E-state index contributed by atoms with van der Waals surface area (Å²) in [6.07, 6.45) is 0. The van der Waals surface area contributed by atoms with Crippen LogP contribution in [0, 0.1) is 12.7 Å². The van der Waals surface area contributed by atoms with Gasteiger partial charge < -0.3 is 10.6 Å². The van der Waals surface area contributed by atoms with E-state index in [9.17, 15) is 14.0 Å². The van der Waals surface area contributed by atoms with Crippen molar-refractivity contribution < 1.29 is 14.0 Å². The van der Waals surface area contributed by atoms with Gasteiger partial charge in [-0.1, -0.05) is 6.07 Å². The number of thioether (sulfide) groups is 1. The fourth-order valence-corrected chi connectivity index (χ4v) is 2.93. The lowest BCUT2D eigenvalue weighted by Crippen LogP contribution is -2.20. The Labute approximate surface area is 131 Å². The Balaban J connectivity index is 1.83. The molecule has 0 fully saturated rings. The monoisotopic (exact) mass is 316 g/mol. The molecule has 22 heavy (non-hydrogen) atoms. The number of nitrogens with one attached hydrogen (secondary N) is 2. The second-order valence-corrected chi connectivity index (χ2v) is 6.00. The van der Waals surface area contributed by atoms with Gasteiger partial charge in [0.2, 0.25) is 5.91 Å². The van der Waals surface area contributed by atoms with Gasteiger partial charge in [0, 0.05) is 10.5 Å². The number of hydrogen-bond donors (Lipinski definition) is 2. The number of carbonyl (C=O) groups excluding carboxylic acids is 2. The molecule has 2 aromatic carbocycles. The maximum absolute atomic E-state index is 13.8. The number of hydrogen-bond acceptors (Lipinski definition) is 3. The minimum absolute atomic E-state index is 0.0976. The Morgan fingerprint density at radius 2 is 2.09 bits per heavy atom. The molecule has 2 N–H and O–H groups in total. The first-order chi connectivity index (χ1) is 10.5. The first kappa shape index (κ1) is 14.6. The third-order valence-corrected chi connectivity index (χ3v) is 4.32. The van der Waals surface area contributed by atoms with Crippen molar-refractivity contribution in [1.82, 2.24) is 0 Å². The second kappa shape index (κ2) is 5.81. The zero-order chi connectivity index (χ0) is 15.7. The molecule has 0 aliphatic carbocycles. The summed E-state index contributed by atoms with van der Waals surface area (Å²) < 4.78 is 13.8. The Morgan fingerprint density at radius 1 is 1.27 bits per heavy atom. The molecule has 6 heteroatoms. The molecule has 2 amide bonds. The average molecular weight is 316 g/mol. The molecular formula is C16H13FN2O2S. The lowest BCUT2D eigenvalue weighted by molar-refractivity contribution is -0.113. The zero-order valence-electron chi connectivity index (χ0n) is 11.8. The van der Waals surface area contributed by atoms with Gasteiger partial charge in [0.05, 0.1) is 17.1 Å². The highest BCUT2D eigenvalue weighted by molar-refractivity contribution is 8.00. The summed E-state index contributed by atoms with van der Waals surface area (Å²) in [6, 6.07) is 9.64. The number of anilines is 2. The molecule has 0 spiro atoms. The smallest absolute Gasteiger partial charge is 0.255 e. The van der Waals surface area contributed by atoms with E-state index in [1.807, 2.05) is 0 Å². The Morgan fingerprint density at radius 3 is 2.86 bits per heavy atom. The molecule has 3 rings (SSSR count). The first-order valence-electron chi connectivity index (χ1n) is 6.67. The number of benzene rings is 2. The molecule has 112 valence electrons. The zero-order valence-corrected chi connectivity index (χ0v) is 12.6. The van der Waals surface area contributed by atoms with E-state index < -0.39 is 11.7 Å². The summed E-state index contributed by atoms with van der Waals surface area (Å²) in [4.78, 5) is 24.5. The van der Waals surface area contributed by atoms with Crippen molar-refractivity contribution in [2.75, 3.05) is 16.4 Å². The van der Waals surface area contributed by atoms with Crippen LogP contribution in [0.2, 0.25) is 0 Å². The summed E-state index contributed by atoms with van der Waals surface area (Å²) >= 11 is 1.42. The molecular weight excluding hydrogens is 303 g/mol. The van der Waals surface area contributed by atoms with Crippen molar-refractivity contribution in [3.63, 3.8) is 0 Å². The van der Waals surface area contributed by atoms with Crippen molar-refractivity contribution >= 4 is 35.0 Å². The maximum Gasteiger partial charge on any atom is 0.255 e. The third-order valence-electron chi connectivity index (χ3n) is 3.25. The van der Waals surface area contributed by atoms with Crippen LogP contribution in [0.15, 0.2) is 41.3 Å². The van der Waals surface area contributed by atoms with E-state index in [-0.39, 0.29) is 11.6 Å². The summed E-state index contributed by atoms with van der Waals surface area (Å²) in [5.74, 6) is -0.627. The first-order valence-corrected chi connectivity index (χ1v) is 7.66. The number of fused-ring (bicyclic) bond motifs is 1. The standard InChI is InChI=1S/C16H13FN2O2S/c1-9-2-4-12(11(17)6-9)19-16(21)10-3-5-14-13(7-10)18-15(20)8-22-14/h2-7H,8H2,1H3,(H,18,20)(H,19,21). The van der Waals surface area contributed by atoms with Gasteiger partial charge in [0.1, 0.15) is 5.82 Å². The highest BCUT2D eigenvalue weighted by atomic mass is 32.2. The molecule has 0 atom stereocenters.